The Morgan fingerprint density at radius 2 is 2.19 bits per heavy atom. The van der Waals surface area contributed by atoms with Gasteiger partial charge in [-0.15, -0.1) is 0 Å². The number of aliphatic hydroxyl groups excluding tert-OH is 1. The predicted molar refractivity (Wildman–Crippen MR) is 65.8 cm³/mol. The number of carboxylic acids is 1. The molecule has 0 radical (unpaired) electrons. The first kappa shape index (κ1) is 13.8. The maximum Gasteiger partial charge on any atom is 0.323 e. The van der Waals surface area contributed by atoms with E-state index in [4.69, 9.17) is 5.11 Å². The number of aliphatic hydroxyl groups is 1. The van der Waals surface area contributed by atoms with Crippen LogP contribution in [0.4, 0.5) is 0 Å². The first-order chi connectivity index (χ1) is 7.58. The van der Waals surface area contributed by atoms with E-state index in [9.17, 15) is 9.90 Å². The lowest BCUT2D eigenvalue weighted by atomic mass is 9.99. The van der Waals surface area contributed by atoms with Crippen LogP contribution in [0.1, 0.15) is 32.6 Å². The number of carbonyl (C=O) groups is 1. The van der Waals surface area contributed by atoms with E-state index in [0.29, 0.717) is 12.5 Å². The molecule has 0 spiro atoms. The molecule has 16 heavy (non-hydrogen) atoms. The summed E-state index contributed by atoms with van der Waals surface area (Å²) >= 11 is 1.71. The molecule has 1 unspecified atom stereocenters. The van der Waals surface area contributed by atoms with Gasteiger partial charge in [-0.05, 0) is 44.1 Å². The average molecular weight is 247 g/mol. The molecule has 0 heterocycles. The van der Waals surface area contributed by atoms with Crippen molar-refractivity contribution in [2.75, 3.05) is 18.1 Å². The first-order valence-corrected chi connectivity index (χ1v) is 6.93. The minimum absolute atomic E-state index is 0.212. The van der Waals surface area contributed by atoms with Crippen LogP contribution in [0, 0.1) is 0 Å². The Balaban J connectivity index is 2.23. The highest BCUT2D eigenvalue weighted by Crippen LogP contribution is 2.25. The van der Waals surface area contributed by atoms with Crippen molar-refractivity contribution < 1.29 is 15.0 Å². The van der Waals surface area contributed by atoms with Crippen LogP contribution in [0.3, 0.4) is 0 Å². The van der Waals surface area contributed by atoms with Crippen LogP contribution in [0.2, 0.25) is 0 Å². The van der Waals surface area contributed by atoms with Gasteiger partial charge in [-0.25, -0.2) is 0 Å². The molecule has 0 bridgehead atoms. The van der Waals surface area contributed by atoms with Gasteiger partial charge in [-0.1, -0.05) is 0 Å². The summed E-state index contributed by atoms with van der Waals surface area (Å²) in [4.78, 5) is 11.2. The summed E-state index contributed by atoms with van der Waals surface area (Å²) in [6.07, 6.45) is 3.61. The summed E-state index contributed by atoms with van der Waals surface area (Å²) < 4.78 is 0. The molecule has 4 nitrogen and oxygen atoms in total. The van der Waals surface area contributed by atoms with Gasteiger partial charge in [0.05, 0.1) is 0 Å². The van der Waals surface area contributed by atoms with Crippen LogP contribution in [-0.2, 0) is 4.79 Å². The molecule has 1 fully saturated rings. The molecule has 0 aliphatic heterocycles. The standard InChI is InChI=1S/C11H21NO3S/c1-11(10(14)15,12-9-3-4-9)5-8-16-7-2-6-13/h9,12-13H,2-8H2,1H3,(H,14,15). The molecule has 0 aromatic rings. The van der Waals surface area contributed by atoms with Crippen LogP contribution < -0.4 is 5.32 Å². The summed E-state index contributed by atoms with van der Waals surface area (Å²) in [7, 11) is 0. The lowest BCUT2D eigenvalue weighted by Crippen LogP contribution is -2.51. The van der Waals surface area contributed by atoms with E-state index in [1.165, 1.54) is 0 Å². The average Bonchev–Trinajstić information content (AvgIpc) is 3.01. The van der Waals surface area contributed by atoms with Gasteiger partial charge < -0.3 is 10.2 Å². The Labute approximate surface area is 101 Å². The quantitative estimate of drug-likeness (QED) is 0.532. The van der Waals surface area contributed by atoms with Gasteiger partial charge in [0.25, 0.3) is 0 Å². The molecule has 1 saturated carbocycles. The molecule has 0 amide bonds. The van der Waals surface area contributed by atoms with Gasteiger partial charge in [-0.3, -0.25) is 10.1 Å². The minimum atomic E-state index is -0.784. The van der Waals surface area contributed by atoms with Crippen molar-refractivity contribution in [3.8, 4) is 0 Å². The summed E-state index contributed by atoms with van der Waals surface area (Å²) in [5, 5.41) is 21.0. The van der Waals surface area contributed by atoms with Crippen molar-refractivity contribution in [3.05, 3.63) is 0 Å². The molecule has 5 heteroatoms. The van der Waals surface area contributed by atoms with Crippen molar-refractivity contribution in [1.29, 1.82) is 0 Å². The van der Waals surface area contributed by atoms with Gasteiger partial charge in [0.2, 0.25) is 0 Å². The van der Waals surface area contributed by atoms with Crippen molar-refractivity contribution in [2.45, 2.75) is 44.2 Å². The molecule has 0 aromatic carbocycles. The monoisotopic (exact) mass is 247 g/mol. The second-order valence-electron chi connectivity index (χ2n) is 4.50. The van der Waals surface area contributed by atoms with Gasteiger partial charge in [0.1, 0.15) is 5.54 Å². The van der Waals surface area contributed by atoms with E-state index in [1.807, 2.05) is 0 Å². The number of hydrogen-bond acceptors (Lipinski definition) is 4. The Kier molecular flexibility index (Phi) is 5.58. The van der Waals surface area contributed by atoms with Crippen molar-refractivity contribution in [1.82, 2.24) is 5.32 Å². The number of rotatable bonds is 9. The smallest absolute Gasteiger partial charge is 0.323 e. The Morgan fingerprint density at radius 1 is 1.50 bits per heavy atom. The van der Waals surface area contributed by atoms with Gasteiger partial charge >= 0.3 is 5.97 Å². The zero-order chi connectivity index (χ0) is 12.0. The van der Waals surface area contributed by atoms with Crippen LogP contribution >= 0.6 is 11.8 Å². The summed E-state index contributed by atoms with van der Waals surface area (Å²) in [5.41, 5.74) is -0.784. The molecule has 1 aliphatic rings. The topological polar surface area (TPSA) is 69.6 Å². The molecular weight excluding hydrogens is 226 g/mol. The number of thioether (sulfide) groups is 1. The fourth-order valence-electron chi connectivity index (χ4n) is 1.46. The van der Waals surface area contributed by atoms with Gasteiger partial charge in [0.15, 0.2) is 0 Å². The number of nitrogens with one attached hydrogen (secondary N) is 1. The third kappa shape index (κ3) is 4.72. The second kappa shape index (κ2) is 6.47. The van der Waals surface area contributed by atoms with E-state index < -0.39 is 11.5 Å². The van der Waals surface area contributed by atoms with Gasteiger partial charge in [-0.2, -0.15) is 11.8 Å². The van der Waals surface area contributed by atoms with E-state index in [2.05, 4.69) is 5.32 Å². The second-order valence-corrected chi connectivity index (χ2v) is 5.72. The van der Waals surface area contributed by atoms with Crippen molar-refractivity contribution >= 4 is 17.7 Å². The molecule has 0 saturated heterocycles. The highest BCUT2D eigenvalue weighted by atomic mass is 32.2. The van der Waals surface area contributed by atoms with E-state index in [-0.39, 0.29) is 6.61 Å². The lowest BCUT2D eigenvalue weighted by molar-refractivity contribution is -0.144. The van der Waals surface area contributed by atoms with E-state index >= 15 is 0 Å². The van der Waals surface area contributed by atoms with Crippen LogP contribution in [0.25, 0.3) is 0 Å². The largest absolute Gasteiger partial charge is 0.480 e. The maximum absolute atomic E-state index is 11.2. The molecule has 94 valence electrons. The van der Waals surface area contributed by atoms with E-state index in [0.717, 1.165) is 30.8 Å². The molecule has 0 aromatic heterocycles. The highest BCUT2D eigenvalue weighted by Gasteiger charge is 2.37. The molecular formula is C11H21NO3S. The molecule has 1 rings (SSSR count). The van der Waals surface area contributed by atoms with E-state index in [1.54, 1.807) is 18.7 Å². The summed E-state index contributed by atoms with van der Waals surface area (Å²) in [6.45, 7) is 1.98. The lowest BCUT2D eigenvalue weighted by Gasteiger charge is -2.26. The zero-order valence-electron chi connectivity index (χ0n) is 9.74. The third-order valence-electron chi connectivity index (χ3n) is 2.77. The molecule has 1 aliphatic carbocycles. The fraction of sp³-hybridized carbons (Fsp3) is 0.909. The molecule has 3 N–H and O–H groups in total. The third-order valence-corrected chi connectivity index (χ3v) is 3.84. The maximum atomic E-state index is 11.2. The SMILES string of the molecule is CC(CCSCCCO)(NC1CC1)C(=O)O. The number of aliphatic carboxylic acids is 1. The first-order valence-electron chi connectivity index (χ1n) is 5.78. The summed E-state index contributed by atoms with van der Waals surface area (Å²) in [5.74, 6) is 0.958. The zero-order valence-corrected chi connectivity index (χ0v) is 10.6. The highest BCUT2D eigenvalue weighted by molar-refractivity contribution is 7.99. The Bertz CT molecular complexity index is 233. The van der Waals surface area contributed by atoms with Crippen LogP contribution in [0.15, 0.2) is 0 Å². The summed E-state index contributed by atoms with van der Waals surface area (Å²) in [6, 6.07) is 0.406. The Morgan fingerprint density at radius 3 is 2.69 bits per heavy atom. The fourth-order valence-corrected chi connectivity index (χ4v) is 2.55. The van der Waals surface area contributed by atoms with Crippen LogP contribution in [-0.4, -0.2) is 45.9 Å². The number of hydrogen-bond donors (Lipinski definition) is 3. The Hall–Kier alpha value is -0.260. The van der Waals surface area contributed by atoms with Gasteiger partial charge in [0, 0.05) is 12.6 Å². The minimum Gasteiger partial charge on any atom is -0.480 e. The predicted octanol–water partition coefficient (Wildman–Crippen LogP) is 1.09. The normalized spacial score (nSPS) is 19.4. The van der Waals surface area contributed by atoms with Crippen molar-refractivity contribution in [2.24, 2.45) is 0 Å². The number of carboxylic acid groups (broad SMARTS) is 1. The van der Waals surface area contributed by atoms with Crippen molar-refractivity contribution in [3.63, 3.8) is 0 Å². The van der Waals surface area contributed by atoms with Crippen LogP contribution in [0.5, 0.6) is 0 Å². The molecule has 1 atom stereocenters.